The van der Waals surface area contributed by atoms with Crippen molar-refractivity contribution in [3.05, 3.63) is 24.2 Å². The molecule has 1 aliphatic rings. The Labute approximate surface area is 96.2 Å². The molecular weight excluding hydrogens is 202 g/mol. The minimum Gasteiger partial charge on any atom is -0.469 e. The number of nitrogens with one attached hydrogen (secondary N) is 1. The van der Waals surface area contributed by atoms with Crippen molar-refractivity contribution < 1.29 is 9.21 Å². The highest BCUT2D eigenvalue weighted by molar-refractivity contribution is 5.79. The molecule has 1 atom stereocenters. The van der Waals surface area contributed by atoms with Crippen LogP contribution in [0.3, 0.4) is 0 Å². The Hall–Kier alpha value is -1.25. The lowest BCUT2D eigenvalue weighted by molar-refractivity contribution is -0.125. The van der Waals surface area contributed by atoms with Crippen molar-refractivity contribution in [1.29, 1.82) is 0 Å². The Morgan fingerprint density at radius 3 is 2.94 bits per heavy atom. The number of hydrogen-bond donors (Lipinski definition) is 1. The summed E-state index contributed by atoms with van der Waals surface area (Å²) in [5.74, 6) is 1.40. The lowest BCUT2D eigenvalue weighted by Gasteiger charge is -2.15. The topological polar surface area (TPSA) is 42.2 Å². The van der Waals surface area contributed by atoms with Gasteiger partial charge < -0.3 is 9.73 Å². The number of furan rings is 1. The second-order valence-electron chi connectivity index (χ2n) is 4.67. The summed E-state index contributed by atoms with van der Waals surface area (Å²) in [6.45, 7) is 2.02. The average Bonchev–Trinajstić information content (AvgIpc) is 2.88. The quantitative estimate of drug-likeness (QED) is 0.848. The molecular formula is C13H19NO2. The smallest absolute Gasteiger partial charge is 0.223 e. The van der Waals surface area contributed by atoms with E-state index in [1.807, 2.05) is 19.1 Å². The van der Waals surface area contributed by atoms with Gasteiger partial charge in [0.15, 0.2) is 0 Å². The fourth-order valence-corrected chi connectivity index (χ4v) is 2.33. The molecule has 1 aromatic rings. The van der Waals surface area contributed by atoms with Gasteiger partial charge in [-0.1, -0.05) is 12.8 Å². The summed E-state index contributed by atoms with van der Waals surface area (Å²) in [5, 5.41) is 3.06. The van der Waals surface area contributed by atoms with Gasteiger partial charge in [0.1, 0.15) is 5.76 Å². The maximum absolute atomic E-state index is 11.8. The van der Waals surface area contributed by atoms with Gasteiger partial charge in [0.25, 0.3) is 0 Å². The second-order valence-corrected chi connectivity index (χ2v) is 4.67. The van der Waals surface area contributed by atoms with E-state index < -0.39 is 0 Å². The molecule has 0 aromatic carbocycles. The second kappa shape index (κ2) is 5.19. The summed E-state index contributed by atoms with van der Waals surface area (Å²) >= 11 is 0. The molecule has 1 aliphatic carbocycles. The third-order valence-electron chi connectivity index (χ3n) is 3.20. The van der Waals surface area contributed by atoms with Crippen LogP contribution in [0.2, 0.25) is 0 Å². The number of carbonyl (C=O) groups excluding carboxylic acids is 1. The van der Waals surface area contributed by atoms with E-state index in [-0.39, 0.29) is 17.9 Å². The number of carbonyl (C=O) groups is 1. The molecule has 1 N–H and O–H groups in total. The third-order valence-corrected chi connectivity index (χ3v) is 3.20. The molecule has 1 fully saturated rings. The normalized spacial score (nSPS) is 18.6. The molecule has 0 radical (unpaired) electrons. The van der Waals surface area contributed by atoms with Crippen LogP contribution in [0, 0.1) is 5.92 Å². The summed E-state index contributed by atoms with van der Waals surface area (Å²) in [6.07, 6.45) is 6.94. The first-order chi connectivity index (χ1) is 7.75. The Morgan fingerprint density at radius 2 is 2.31 bits per heavy atom. The maximum Gasteiger partial charge on any atom is 0.223 e. The van der Waals surface area contributed by atoms with Crippen LogP contribution in [-0.2, 0) is 11.2 Å². The molecule has 1 heterocycles. The number of amides is 1. The minimum atomic E-state index is 0.152. The standard InChI is InChI=1S/C13H19NO2/c1-10(9-12-7-4-8-16-12)14-13(15)11-5-2-3-6-11/h4,7-8,10-11H,2-3,5-6,9H2,1H3,(H,14,15)/t10-/m1/s1. The fourth-order valence-electron chi connectivity index (χ4n) is 2.33. The maximum atomic E-state index is 11.8. The van der Waals surface area contributed by atoms with Crippen LogP contribution in [0.15, 0.2) is 22.8 Å². The van der Waals surface area contributed by atoms with E-state index in [2.05, 4.69) is 5.32 Å². The van der Waals surface area contributed by atoms with Gasteiger partial charge in [-0.2, -0.15) is 0 Å². The largest absolute Gasteiger partial charge is 0.469 e. The third kappa shape index (κ3) is 2.87. The lowest BCUT2D eigenvalue weighted by Crippen LogP contribution is -2.37. The molecule has 0 saturated heterocycles. The molecule has 1 aromatic heterocycles. The first kappa shape index (κ1) is 11.2. The van der Waals surface area contributed by atoms with Gasteiger partial charge in [-0.25, -0.2) is 0 Å². The van der Waals surface area contributed by atoms with Crippen molar-refractivity contribution in [2.45, 2.75) is 45.1 Å². The number of rotatable bonds is 4. The molecule has 1 amide bonds. The van der Waals surface area contributed by atoms with Crippen LogP contribution in [0.5, 0.6) is 0 Å². The van der Waals surface area contributed by atoms with Gasteiger partial charge in [0.05, 0.1) is 6.26 Å². The predicted octanol–water partition coefficient (Wildman–Crippen LogP) is 2.52. The monoisotopic (exact) mass is 221 g/mol. The molecule has 3 heteroatoms. The number of hydrogen-bond acceptors (Lipinski definition) is 2. The van der Waals surface area contributed by atoms with E-state index in [0.717, 1.165) is 25.0 Å². The molecule has 0 spiro atoms. The Kier molecular flexibility index (Phi) is 3.65. The van der Waals surface area contributed by atoms with Gasteiger partial charge in [0, 0.05) is 18.4 Å². The molecule has 0 aliphatic heterocycles. The van der Waals surface area contributed by atoms with Gasteiger partial charge in [-0.3, -0.25) is 4.79 Å². The molecule has 3 nitrogen and oxygen atoms in total. The minimum absolute atomic E-state index is 0.152. The van der Waals surface area contributed by atoms with Crippen molar-refractivity contribution in [1.82, 2.24) is 5.32 Å². The lowest BCUT2D eigenvalue weighted by atomic mass is 10.1. The Balaban J connectivity index is 1.78. The van der Waals surface area contributed by atoms with E-state index in [1.54, 1.807) is 6.26 Å². The molecule has 0 unspecified atom stereocenters. The Morgan fingerprint density at radius 1 is 1.56 bits per heavy atom. The summed E-state index contributed by atoms with van der Waals surface area (Å²) < 4.78 is 5.26. The van der Waals surface area contributed by atoms with E-state index in [9.17, 15) is 4.79 Å². The first-order valence-corrected chi connectivity index (χ1v) is 6.08. The van der Waals surface area contributed by atoms with E-state index in [4.69, 9.17) is 4.42 Å². The zero-order valence-corrected chi connectivity index (χ0v) is 9.74. The van der Waals surface area contributed by atoms with Crippen LogP contribution >= 0.6 is 0 Å². The highest BCUT2D eigenvalue weighted by atomic mass is 16.3. The summed E-state index contributed by atoms with van der Waals surface area (Å²) in [7, 11) is 0. The van der Waals surface area contributed by atoms with Crippen LogP contribution in [-0.4, -0.2) is 11.9 Å². The van der Waals surface area contributed by atoms with E-state index in [0.29, 0.717) is 0 Å². The van der Waals surface area contributed by atoms with Crippen LogP contribution in [0.4, 0.5) is 0 Å². The highest BCUT2D eigenvalue weighted by Crippen LogP contribution is 2.24. The van der Waals surface area contributed by atoms with Crippen molar-refractivity contribution in [2.24, 2.45) is 5.92 Å². The molecule has 0 bridgehead atoms. The molecule has 2 rings (SSSR count). The van der Waals surface area contributed by atoms with Crippen molar-refractivity contribution in [2.75, 3.05) is 0 Å². The van der Waals surface area contributed by atoms with Crippen molar-refractivity contribution in [3.8, 4) is 0 Å². The first-order valence-electron chi connectivity index (χ1n) is 6.08. The van der Waals surface area contributed by atoms with E-state index in [1.165, 1.54) is 12.8 Å². The Bertz CT molecular complexity index is 326. The predicted molar refractivity (Wildman–Crippen MR) is 62.0 cm³/mol. The average molecular weight is 221 g/mol. The fraction of sp³-hybridized carbons (Fsp3) is 0.615. The van der Waals surface area contributed by atoms with Gasteiger partial charge in [-0.05, 0) is 31.9 Å². The van der Waals surface area contributed by atoms with Crippen LogP contribution in [0.25, 0.3) is 0 Å². The molecule has 1 saturated carbocycles. The van der Waals surface area contributed by atoms with E-state index >= 15 is 0 Å². The van der Waals surface area contributed by atoms with Gasteiger partial charge in [-0.15, -0.1) is 0 Å². The summed E-state index contributed by atoms with van der Waals surface area (Å²) in [5.41, 5.74) is 0. The highest BCUT2D eigenvalue weighted by Gasteiger charge is 2.23. The van der Waals surface area contributed by atoms with Gasteiger partial charge >= 0.3 is 0 Å². The van der Waals surface area contributed by atoms with Crippen LogP contribution < -0.4 is 5.32 Å². The van der Waals surface area contributed by atoms with Crippen LogP contribution in [0.1, 0.15) is 38.4 Å². The zero-order chi connectivity index (χ0) is 11.4. The molecule has 16 heavy (non-hydrogen) atoms. The summed E-state index contributed by atoms with van der Waals surface area (Å²) in [6, 6.07) is 3.97. The summed E-state index contributed by atoms with van der Waals surface area (Å²) in [4.78, 5) is 11.8. The van der Waals surface area contributed by atoms with Gasteiger partial charge in [0.2, 0.25) is 5.91 Å². The van der Waals surface area contributed by atoms with Crippen molar-refractivity contribution in [3.63, 3.8) is 0 Å². The SMILES string of the molecule is C[C@H](Cc1ccco1)NC(=O)C1CCCC1. The molecule has 88 valence electrons. The van der Waals surface area contributed by atoms with Crippen molar-refractivity contribution >= 4 is 5.91 Å². The zero-order valence-electron chi connectivity index (χ0n) is 9.74.